The van der Waals surface area contributed by atoms with Gasteiger partial charge in [0, 0.05) is 16.8 Å². The van der Waals surface area contributed by atoms with Gasteiger partial charge < -0.3 is 5.73 Å². The van der Waals surface area contributed by atoms with Crippen molar-refractivity contribution in [1.29, 1.82) is 5.41 Å². The smallest absolute Gasteiger partial charge is 0.151 e. The summed E-state index contributed by atoms with van der Waals surface area (Å²) in [5, 5.41) is 8.97. The summed E-state index contributed by atoms with van der Waals surface area (Å²) in [6.07, 6.45) is 6.29. The molecule has 23 heavy (non-hydrogen) atoms. The van der Waals surface area contributed by atoms with Gasteiger partial charge in [-0.1, -0.05) is 18.7 Å². The second kappa shape index (κ2) is 6.87. The minimum absolute atomic E-state index is 0.202. The van der Waals surface area contributed by atoms with Crippen LogP contribution in [0.2, 0.25) is 0 Å². The zero-order valence-corrected chi connectivity index (χ0v) is 14.1. The van der Waals surface area contributed by atoms with Crippen LogP contribution in [-0.2, 0) is 0 Å². The Morgan fingerprint density at radius 3 is 2.74 bits per heavy atom. The summed E-state index contributed by atoms with van der Waals surface area (Å²) >= 11 is 1.46. The van der Waals surface area contributed by atoms with Crippen molar-refractivity contribution in [1.82, 2.24) is 4.98 Å². The van der Waals surface area contributed by atoms with E-state index >= 15 is 0 Å². The van der Waals surface area contributed by atoms with Gasteiger partial charge in [0.2, 0.25) is 0 Å². The first-order valence-electron chi connectivity index (χ1n) is 8.09. The summed E-state index contributed by atoms with van der Waals surface area (Å²) in [7, 11) is 0. The molecule has 0 radical (unpaired) electrons. The topological polar surface area (TPSA) is 62.8 Å². The van der Waals surface area contributed by atoms with Crippen LogP contribution in [0.25, 0.3) is 10.9 Å². The Morgan fingerprint density at radius 2 is 2.04 bits per heavy atom. The molecule has 1 aliphatic carbocycles. The highest BCUT2D eigenvalue weighted by molar-refractivity contribution is 8.14. The maximum absolute atomic E-state index is 13.6. The van der Waals surface area contributed by atoms with E-state index in [1.165, 1.54) is 23.4 Å². The number of nitrogens with two attached hydrogens (primary N) is 1. The summed E-state index contributed by atoms with van der Waals surface area (Å²) in [4.78, 5) is 4.35. The van der Waals surface area contributed by atoms with Gasteiger partial charge in [-0.2, -0.15) is 0 Å². The van der Waals surface area contributed by atoms with Gasteiger partial charge in [0.05, 0.1) is 5.52 Å². The summed E-state index contributed by atoms with van der Waals surface area (Å²) < 4.78 is 13.6. The minimum Gasteiger partial charge on any atom is -0.379 e. The molecule has 1 heterocycles. The molecular formula is C18H22FN3S. The third-order valence-electron chi connectivity index (χ3n) is 4.93. The van der Waals surface area contributed by atoms with Crippen molar-refractivity contribution in [2.75, 3.05) is 0 Å². The molecule has 0 saturated heterocycles. The van der Waals surface area contributed by atoms with E-state index in [1.807, 2.05) is 12.3 Å². The first-order chi connectivity index (χ1) is 11.0. The Hall–Kier alpha value is -1.62. The molecule has 0 unspecified atom stereocenters. The number of nitrogens with zero attached hydrogens (tertiary/aromatic N) is 1. The molecule has 0 amide bonds. The van der Waals surface area contributed by atoms with E-state index in [0.717, 1.165) is 36.6 Å². The van der Waals surface area contributed by atoms with E-state index in [1.54, 1.807) is 12.1 Å². The van der Waals surface area contributed by atoms with Crippen molar-refractivity contribution in [3.63, 3.8) is 0 Å². The summed E-state index contributed by atoms with van der Waals surface area (Å²) in [6, 6.07) is 6.88. The lowest BCUT2D eigenvalue weighted by molar-refractivity contribution is 0.326. The molecule has 3 nitrogen and oxygen atoms in total. The Bertz CT molecular complexity index is 710. The first kappa shape index (κ1) is 16.2. The number of thioether (sulfide) groups is 1. The monoisotopic (exact) mass is 331 g/mol. The van der Waals surface area contributed by atoms with Gasteiger partial charge in [0.1, 0.15) is 5.82 Å². The van der Waals surface area contributed by atoms with Crippen LogP contribution in [0.4, 0.5) is 4.39 Å². The Kier molecular flexibility index (Phi) is 4.85. The highest BCUT2D eigenvalue weighted by Crippen LogP contribution is 2.41. The van der Waals surface area contributed by atoms with Crippen LogP contribution >= 0.6 is 11.8 Å². The molecule has 1 fully saturated rings. The van der Waals surface area contributed by atoms with Crippen LogP contribution in [0.3, 0.4) is 0 Å². The van der Waals surface area contributed by atoms with Crippen LogP contribution in [0.1, 0.15) is 44.1 Å². The molecule has 1 aliphatic rings. The van der Waals surface area contributed by atoms with Crippen molar-refractivity contribution >= 4 is 27.8 Å². The SMILES string of the molecule is C[C@@H](SC(=N)N)C1CCC(c2ccnc3ccc(F)cc23)CC1. The second-order valence-corrected chi connectivity index (χ2v) is 7.78. The lowest BCUT2D eigenvalue weighted by atomic mass is 9.77. The average molecular weight is 331 g/mol. The predicted octanol–water partition coefficient (Wildman–Crippen LogP) is 4.66. The molecule has 0 aliphatic heterocycles. The first-order valence-corrected chi connectivity index (χ1v) is 8.97. The standard InChI is InChI=1S/C18H22FN3S/c1-11(23-18(20)21)12-2-4-13(5-3-12)15-8-9-22-17-7-6-14(19)10-16(15)17/h6-13H,2-5H2,1H3,(H3,20,21)/t11-,12?,13?/m1/s1. The molecule has 1 aromatic heterocycles. The molecule has 0 bridgehead atoms. The molecule has 122 valence electrons. The molecule has 3 rings (SSSR count). The molecular weight excluding hydrogens is 309 g/mol. The van der Waals surface area contributed by atoms with Crippen molar-refractivity contribution in [2.24, 2.45) is 11.7 Å². The van der Waals surface area contributed by atoms with E-state index in [2.05, 4.69) is 11.9 Å². The second-order valence-electron chi connectivity index (χ2n) is 6.36. The predicted molar refractivity (Wildman–Crippen MR) is 95.4 cm³/mol. The largest absolute Gasteiger partial charge is 0.379 e. The Morgan fingerprint density at radius 1 is 1.30 bits per heavy atom. The number of fused-ring (bicyclic) bond motifs is 1. The molecule has 2 aromatic rings. The summed E-state index contributed by atoms with van der Waals surface area (Å²) in [5.41, 5.74) is 7.59. The highest BCUT2D eigenvalue weighted by Gasteiger charge is 2.27. The zero-order chi connectivity index (χ0) is 16.4. The van der Waals surface area contributed by atoms with Crippen LogP contribution in [0.5, 0.6) is 0 Å². The number of aromatic nitrogens is 1. The van der Waals surface area contributed by atoms with Crippen molar-refractivity contribution < 1.29 is 4.39 Å². The van der Waals surface area contributed by atoms with Crippen LogP contribution in [-0.4, -0.2) is 15.4 Å². The third-order valence-corrected chi connectivity index (χ3v) is 5.94. The zero-order valence-electron chi connectivity index (χ0n) is 13.3. The van der Waals surface area contributed by atoms with Crippen molar-refractivity contribution in [3.05, 3.63) is 41.8 Å². The number of nitrogens with one attached hydrogen (secondary N) is 1. The van der Waals surface area contributed by atoms with Gasteiger partial charge in [-0.25, -0.2) is 4.39 Å². The highest BCUT2D eigenvalue weighted by atomic mass is 32.2. The summed E-state index contributed by atoms with van der Waals surface area (Å²) in [5.74, 6) is 0.866. The number of halogens is 1. The molecule has 5 heteroatoms. The summed E-state index contributed by atoms with van der Waals surface area (Å²) in [6.45, 7) is 2.16. The molecule has 1 atom stereocenters. The number of rotatable bonds is 3. The lowest BCUT2D eigenvalue weighted by Gasteiger charge is -2.32. The number of amidine groups is 1. The van der Waals surface area contributed by atoms with Crippen molar-refractivity contribution in [2.45, 2.75) is 43.8 Å². The van der Waals surface area contributed by atoms with Gasteiger partial charge in [0.25, 0.3) is 0 Å². The van der Waals surface area contributed by atoms with Crippen LogP contribution in [0.15, 0.2) is 30.5 Å². The number of hydrogen-bond acceptors (Lipinski definition) is 3. The van der Waals surface area contributed by atoms with Gasteiger partial charge in [-0.15, -0.1) is 0 Å². The maximum atomic E-state index is 13.6. The van der Waals surface area contributed by atoms with E-state index in [0.29, 0.717) is 17.1 Å². The fraction of sp³-hybridized carbons (Fsp3) is 0.444. The van der Waals surface area contributed by atoms with E-state index in [4.69, 9.17) is 11.1 Å². The van der Waals surface area contributed by atoms with E-state index in [-0.39, 0.29) is 11.0 Å². The number of benzene rings is 1. The molecule has 1 saturated carbocycles. The fourth-order valence-corrected chi connectivity index (χ4v) is 4.56. The third kappa shape index (κ3) is 3.66. The van der Waals surface area contributed by atoms with Gasteiger partial charge >= 0.3 is 0 Å². The van der Waals surface area contributed by atoms with Crippen molar-refractivity contribution in [3.8, 4) is 0 Å². The average Bonchev–Trinajstić information content (AvgIpc) is 2.54. The van der Waals surface area contributed by atoms with Crippen LogP contribution in [0, 0.1) is 17.1 Å². The normalized spacial score (nSPS) is 22.9. The molecule has 1 aromatic carbocycles. The fourth-order valence-electron chi connectivity index (χ4n) is 3.69. The van der Waals surface area contributed by atoms with E-state index < -0.39 is 0 Å². The van der Waals surface area contributed by atoms with Gasteiger partial charge in [0.15, 0.2) is 5.17 Å². The quantitative estimate of drug-likeness (QED) is 0.635. The number of pyridine rings is 1. The maximum Gasteiger partial charge on any atom is 0.151 e. The van der Waals surface area contributed by atoms with Crippen LogP contribution < -0.4 is 5.73 Å². The number of hydrogen-bond donors (Lipinski definition) is 2. The Labute approximate surface area is 140 Å². The van der Waals surface area contributed by atoms with Gasteiger partial charge in [-0.3, -0.25) is 10.4 Å². The van der Waals surface area contributed by atoms with E-state index in [9.17, 15) is 4.39 Å². The Balaban J connectivity index is 1.75. The minimum atomic E-state index is -0.202. The molecule has 0 spiro atoms. The van der Waals surface area contributed by atoms with Gasteiger partial charge in [-0.05, 0) is 67.3 Å². The lowest BCUT2D eigenvalue weighted by Crippen LogP contribution is -2.23. The molecule has 3 N–H and O–H groups in total.